The normalized spacial score (nSPS) is 9.94. The molecule has 0 aromatic heterocycles. The van der Waals surface area contributed by atoms with Gasteiger partial charge in [-0.2, -0.15) is 0 Å². The summed E-state index contributed by atoms with van der Waals surface area (Å²) in [6.07, 6.45) is 3.47. The summed E-state index contributed by atoms with van der Waals surface area (Å²) in [7, 11) is 0. The molecule has 0 saturated heterocycles. The molecule has 0 unspecified atom stereocenters. The molecule has 0 radical (unpaired) electrons. The molecule has 4 nitrogen and oxygen atoms in total. The third-order valence-corrected chi connectivity index (χ3v) is 2.14. The van der Waals surface area contributed by atoms with Crippen LogP contribution in [0.1, 0.15) is 10.4 Å². The van der Waals surface area contributed by atoms with Gasteiger partial charge in [0, 0.05) is 13.1 Å². The van der Waals surface area contributed by atoms with Crippen LogP contribution >= 0.6 is 0 Å². The lowest BCUT2D eigenvalue weighted by atomic mass is 10.2. The van der Waals surface area contributed by atoms with Crippen LogP contribution in [0.3, 0.4) is 0 Å². The number of carboxylic acid groups (broad SMARTS) is 1. The van der Waals surface area contributed by atoms with E-state index in [2.05, 4.69) is 18.6 Å². The van der Waals surface area contributed by atoms with Crippen LogP contribution in [0.15, 0.2) is 49.6 Å². The Morgan fingerprint density at radius 1 is 1.29 bits per heavy atom. The Labute approximate surface area is 101 Å². The summed E-state index contributed by atoms with van der Waals surface area (Å²) in [6, 6.07) is 6.77. The fourth-order valence-electron chi connectivity index (χ4n) is 1.41. The molecule has 0 fully saturated rings. The van der Waals surface area contributed by atoms with Crippen LogP contribution in [-0.4, -0.2) is 29.2 Å². The van der Waals surface area contributed by atoms with Crippen molar-refractivity contribution >= 4 is 11.7 Å². The van der Waals surface area contributed by atoms with Crippen molar-refractivity contribution in [2.75, 3.05) is 18.5 Å². The largest absolute Gasteiger partial charge is 0.478 e. The highest BCUT2D eigenvalue weighted by Gasteiger charge is 2.10. The van der Waals surface area contributed by atoms with Gasteiger partial charge in [0.1, 0.15) is 0 Å². The Bertz CT molecular complexity index is 406. The maximum atomic E-state index is 11.0. The van der Waals surface area contributed by atoms with Gasteiger partial charge in [-0.05, 0) is 12.1 Å². The molecule has 4 heteroatoms. The number of carboxylic acids is 1. The highest BCUT2D eigenvalue weighted by atomic mass is 16.4. The molecule has 0 bridgehead atoms. The van der Waals surface area contributed by atoms with Gasteiger partial charge in [-0.1, -0.05) is 24.3 Å². The lowest BCUT2D eigenvalue weighted by molar-refractivity contribution is 0.0697. The van der Waals surface area contributed by atoms with Crippen molar-refractivity contribution in [2.45, 2.75) is 0 Å². The summed E-state index contributed by atoms with van der Waals surface area (Å²) in [5.41, 5.74) is 3.84. The van der Waals surface area contributed by atoms with Crippen molar-refractivity contribution in [3.8, 4) is 0 Å². The first-order valence-corrected chi connectivity index (χ1v) is 5.24. The summed E-state index contributed by atoms with van der Waals surface area (Å²) >= 11 is 0. The topological polar surface area (TPSA) is 52.6 Å². The Hall–Kier alpha value is -2.07. The van der Waals surface area contributed by atoms with E-state index >= 15 is 0 Å². The van der Waals surface area contributed by atoms with E-state index < -0.39 is 5.97 Å². The number of anilines is 1. The fourth-order valence-corrected chi connectivity index (χ4v) is 1.41. The van der Waals surface area contributed by atoms with Crippen molar-refractivity contribution in [2.24, 2.45) is 0 Å². The van der Waals surface area contributed by atoms with E-state index in [1.54, 1.807) is 36.4 Å². The van der Waals surface area contributed by atoms with Gasteiger partial charge in [-0.3, -0.25) is 0 Å². The maximum Gasteiger partial charge on any atom is 0.337 e. The lowest BCUT2D eigenvalue weighted by Crippen LogP contribution is -2.31. The summed E-state index contributed by atoms with van der Waals surface area (Å²) in [5, 5.41) is 10.9. The van der Waals surface area contributed by atoms with Crippen LogP contribution < -0.4 is 5.43 Å². The highest BCUT2D eigenvalue weighted by Crippen LogP contribution is 2.15. The van der Waals surface area contributed by atoms with Gasteiger partial charge in [0.15, 0.2) is 0 Å². The number of nitrogens with one attached hydrogen (secondary N) is 1. The predicted octanol–water partition coefficient (Wildman–Crippen LogP) is 2.39. The molecule has 0 saturated carbocycles. The number of hydrazine groups is 1. The maximum absolute atomic E-state index is 11.0. The molecule has 0 amide bonds. The third-order valence-electron chi connectivity index (χ3n) is 2.14. The number of hydrogen-bond acceptors (Lipinski definition) is 3. The van der Waals surface area contributed by atoms with E-state index in [0.29, 0.717) is 18.8 Å². The molecule has 90 valence electrons. The van der Waals surface area contributed by atoms with Crippen molar-refractivity contribution in [1.29, 1.82) is 0 Å². The molecule has 0 aliphatic rings. The van der Waals surface area contributed by atoms with E-state index in [1.165, 1.54) is 0 Å². The number of benzene rings is 1. The highest BCUT2D eigenvalue weighted by molar-refractivity contribution is 5.94. The molecule has 17 heavy (non-hydrogen) atoms. The van der Waals surface area contributed by atoms with Crippen molar-refractivity contribution in [1.82, 2.24) is 5.01 Å². The molecule has 1 rings (SSSR count). The quantitative estimate of drug-likeness (QED) is 0.560. The molecule has 1 aromatic rings. The van der Waals surface area contributed by atoms with Gasteiger partial charge in [0.05, 0.1) is 11.3 Å². The zero-order valence-electron chi connectivity index (χ0n) is 9.60. The number of para-hydroxylation sites is 1. The van der Waals surface area contributed by atoms with Gasteiger partial charge in [-0.25, -0.2) is 9.80 Å². The van der Waals surface area contributed by atoms with Crippen molar-refractivity contribution < 1.29 is 9.90 Å². The molecule has 2 N–H and O–H groups in total. The molecule has 1 aromatic carbocycles. The SMILES string of the molecule is C=CCN(CC=C)Nc1ccccc1C(=O)O. The van der Waals surface area contributed by atoms with Crippen molar-refractivity contribution in [3.05, 3.63) is 55.1 Å². The number of hydrogen-bond donors (Lipinski definition) is 2. The molecular formula is C13H16N2O2. The number of carbonyl (C=O) groups is 1. The Balaban J connectivity index is 2.87. The zero-order chi connectivity index (χ0) is 12.7. The first-order valence-electron chi connectivity index (χ1n) is 5.24. The minimum Gasteiger partial charge on any atom is -0.478 e. The second-order valence-electron chi connectivity index (χ2n) is 3.44. The standard InChI is InChI=1S/C13H16N2O2/c1-3-9-15(10-4-2)14-12-8-6-5-7-11(12)13(16)17/h3-8,14H,1-2,9-10H2,(H,16,17). The fraction of sp³-hybridized carbons (Fsp3) is 0.154. The van der Waals surface area contributed by atoms with Crippen LogP contribution in [0.5, 0.6) is 0 Å². The van der Waals surface area contributed by atoms with Gasteiger partial charge in [0.2, 0.25) is 0 Å². The Morgan fingerprint density at radius 2 is 1.88 bits per heavy atom. The molecule has 0 aliphatic heterocycles. The third kappa shape index (κ3) is 3.77. The van der Waals surface area contributed by atoms with E-state index in [4.69, 9.17) is 5.11 Å². The van der Waals surface area contributed by atoms with E-state index in [9.17, 15) is 4.79 Å². The number of nitrogens with zero attached hydrogens (tertiary/aromatic N) is 1. The molecule has 0 aliphatic carbocycles. The summed E-state index contributed by atoms with van der Waals surface area (Å²) < 4.78 is 0. The molecule has 0 heterocycles. The average Bonchev–Trinajstić information content (AvgIpc) is 2.30. The zero-order valence-corrected chi connectivity index (χ0v) is 9.60. The van der Waals surface area contributed by atoms with Gasteiger partial charge in [0.25, 0.3) is 0 Å². The summed E-state index contributed by atoms with van der Waals surface area (Å²) in [6.45, 7) is 8.49. The second-order valence-corrected chi connectivity index (χ2v) is 3.44. The van der Waals surface area contributed by atoms with E-state index in [0.717, 1.165) is 0 Å². The van der Waals surface area contributed by atoms with E-state index in [-0.39, 0.29) is 5.56 Å². The predicted molar refractivity (Wildman–Crippen MR) is 69.0 cm³/mol. The lowest BCUT2D eigenvalue weighted by Gasteiger charge is -2.22. The number of rotatable bonds is 7. The average molecular weight is 232 g/mol. The van der Waals surface area contributed by atoms with Crippen LogP contribution in [0.25, 0.3) is 0 Å². The second kappa shape index (κ2) is 6.50. The van der Waals surface area contributed by atoms with Crippen LogP contribution in [0.4, 0.5) is 5.69 Å². The molecular weight excluding hydrogens is 216 g/mol. The first-order chi connectivity index (χ1) is 8.19. The van der Waals surface area contributed by atoms with Crippen molar-refractivity contribution in [3.63, 3.8) is 0 Å². The molecule has 0 spiro atoms. The monoisotopic (exact) mass is 232 g/mol. The van der Waals surface area contributed by atoms with Gasteiger partial charge in [-0.15, -0.1) is 13.2 Å². The van der Waals surface area contributed by atoms with E-state index in [1.807, 2.05) is 5.01 Å². The minimum absolute atomic E-state index is 0.241. The van der Waals surface area contributed by atoms with Crippen LogP contribution in [0, 0.1) is 0 Å². The minimum atomic E-state index is -0.953. The first kappa shape index (κ1) is 13.0. The van der Waals surface area contributed by atoms with Crippen LogP contribution in [-0.2, 0) is 0 Å². The number of aromatic carboxylic acids is 1. The summed E-state index contributed by atoms with van der Waals surface area (Å²) in [5.74, 6) is -0.953. The van der Waals surface area contributed by atoms with Gasteiger partial charge < -0.3 is 10.5 Å². The molecule has 0 atom stereocenters. The Morgan fingerprint density at radius 3 is 2.41 bits per heavy atom. The smallest absolute Gasteiger partial charge is 0.337 e. The Kier molecular flexibility index (Phi) is 4.97. The summed E-state index contributed by atoms with van der Waals surface area (Å²) in [4.78, 5) is 11.0. The van der Waals surface area contributed by atoms with Gasteiger partial charge >= 0.3 is 5.97 Å². The van der Waals surface area contributed by atoms with Crippen LogP contribution in [0.2, 0.25) is 0 Å².